The van der Waals surface area contributed by atoms with Gasteiger partial charge in [-0.3, -0.25) is 0 Å². The lowest BCUT2D eigenvalue weighted by Gasteiger charge is -2.13. The fourth-order valence-corrected chi connectivity index (χ4v) is 3.26. The van der Waals surface area contributed by atoms with E-state index in [-0.39, 0.29) is 11.6 Å². The number of hydrogen-bond donors (Lipinski definition) is 1. The predicted octanol–water partition coefficient (Wildman–Crippen LogP) is 1.83. The molecule has 0 amide bonds. The zero-order valence-electron chi connectivity index (χ0n) is 12.8. The summed E-state index contributed by atoms with van der Waals surface area (Å²) in [7, 11) is -0.473. The summed E-state index contributed by atoms with van der Waals surface area (Å²) in [6, 6.07) is 9.41. The van der Waals surface area contributed by atoms with E-state index in [1.807, 2.05) is 30.3 Å². The maximum atomic E-state index is 12.2. The van der Waals surface area contributed by atoms with Gasteiger partial charge in [0.15, 0.2) is 5.03 Å². The van der Waals surface area contributed by atoms with E-state index in [2.05, 4.69) is 9.71 Å². The normalized spacial score (nSPS) is 13.5. The number of aromatic nitrogens is 2. The number of furan rings is 1. The average Bonchev–Trinajstić information content (AvgIpc) is 3.14. The highest BCUT2D eigenvalue weighted by Crippen LogP contribution is 2.25. The number of para-hydroxylation sites is 1. The monoisotopic (exact) mass is 335 g/mol. The molecule has 0 aliphatic heterocycles. The van der Waals surface area contributed by atoms with Crippen LogP contribution in [0, 0.1) is 0 Å². The number of benzene rings is 1. The van der Waals surface area contributed by atoms with Gasteiger partial charge in [-0.1, -0.05) is 18.2 Å². The second-order valence-electron chi connectivity index (χ2n) is 5.14. The standard InChI is InChI=1S/C15H17N3O4S/c1-18-9-15(16-10-18)23(19,20)17-8-14(21-2)13-7-11-5-3-4-6-12(11)22-13/h3-7,9-10,14,17H,8H2,1-2H3. The molecule has 0 aliphatic rings. The van der Waals surface area contributed by atoms with Crippen LogP contribution < -0.4 is 4.72 Å². The highest BCUT2D eigenvalue weighted by atomic mass is 32.2. The van der Waals surface area contributed by atoms with Crippen molar-refractivity contribution in [2.24, 2.45) is 7.05 Å². The first-order valence-corrected chi connectivity index (χ1v) is 8.47. The molecule has 3 rings (SSSR count). The van der Waals surface area contributed by atoms with E-state index in [1.54, 1.807) is 11.6 Å². The molecule has 2 heterocycles. The highest BCUT2D eigenvalue weighted by Gasteiger charge is 2.22. The van der Waals surface area contributed by atoms with E-state index in [9.17, 15) is 8.42 Å². The zero-order valence-corrected chi connectivity index (χ0v) is 13.6. The molecule has 0 bridgehead atoms. The van der Waals surface area contributed by atoms with Crippen LogP contribution in [-0.2, 0) is 21.8 Å². The summed E-state index contributed by atoms with van der Waals surface area (Å²) in [4.78, 5) is 3.85. The van der Waals surface area contributed by atoms with Crippen LogP contribution in [0.4, 0.5) is 0 Å². The molecule has 1 unspecified atom stereocenters. The molecule has 23 heavy (non-hydrogen) atoms. The first-order valence-electron chi connectivity index (χ1n) is 6.98. The molecule has 1 aromatic carbocycles. The first kappa shape index (κ1) is 15.7. The molecule has 0 spiro atoms. The van der Waals surface area contributed by atoms with Gasteiger partial charge in [-0.05, 0) is 12.1 Å². The molecular weight excluding hydrogens is 318 g/mol. The third-order valence-corrected chi connectivity index (χ3v) is 4.77. The maximum Gasteiger partial charge on any atom is 0.259 e. The van der Waals surface area contributed by atoms with Crippen molar-refractivity contribution in [2.45, 2.75) is 11.1 Å². The van der Waals surface area contributed by atoms with Crippen molar-refractivity contribution in [3.05, 3.63) is 48.6 Å². The molecule has 8 heteroatoms. The van der Waals surface area contributed by atoms with Crippen molar-refractivity contribution in [3.63, 3.8) is 0 Å². The third-order valence-electron chi connectivity index (χ3n) is 3.46. The molecule has 0 fully saturated rings. The van der Waals surface area contributed by atoms with E-state index in [0.29, 0.717) is 5.76 Å². The van der Waals surface area contributed by atoms with Crippen LogP contribution >= 0.6 is 0 Å². The topological polar surface area (TPSA) is 86.4 Å². The number of methoxy groups -OCH3 is 1. The van der Waals surface area contributed by atoms with Gasteiger partial charge in [0, 0.05) is 32.3 Å². The second kappa shape index (κ2) is 6.15. The van der Waals surface area contributed by atoms with Crippen molar-refractivity contribution in [1.29, 1.82) is 0 Å². The lowest BCUT2D eigenvalue weighted by Crippen LogP contribution is -2.29. The van der Waals surface area contributed by atoms with Crippen molar-refractivity contribution in [1.82, 2.24) is 14.3 Å². The summed E-state index contributed by atoms with van der Waals surface area (Å²) in [6.07, 6.45) is 2.34. The van der Waals surface area contributed by atoms with Gasteiger partial charge in [-0.15, -0.1) is 0 Å². The van der Waals surface area contributed by atoms with E-state index >= 15 is 0 Å². The first-order chi connectivity index (χ1) is 11.0. The van der Waals surface area contributed by atoms with E-state index < -0.39 is 16.1 Å². The predicted molar refractivity (Wildman–Crippen MR) is 84.4 cm³/mol. The number of sulfonamides is 1. The average molecular weight is 335 g/mol. The number of aryl methyl sites for hydroxylation is 1. The quantitative estimate of drug-likeness (QED) is 0.743. The Bertz CT molecular complexity index is 881. The summed E-state index contributed by atoms with van der Waals surface area (Å²) in [6.45, 7) is 0.0508. The summed E-state index contributed by atoms with van der Waals surface area (Å²) in [5.74, 6) is 0.567. The fraction of sp³-hybridized carbons (Fsp3) is 0.267. The van der Waals surface area contributed by atoms with Crippen LogP contribution in [-0.4, -0.2) is 31.6 Å². The highest BCUT2D eigenvalue weighted by molar-refractivity contribution is 7.89. The Morgan fingerprint density at radius 2 is 2.17 bits per heavy atom. The number of nitrogens with zero attached hydrogens (tertiary/aromatic N) is 2. The van der Waals surface area contributed by atoms with Crippen molar-refractivity contribution >= 4 is 21.0 Å². The number of imidazole rings is 1. The zero-order chi connectivity index (χ0) is 16.4. The van der Waals surface area contributed by atoms with Gasteiger partial charge in [0.1, 0.15) is 17.4 Å². The van der Waals surface area contributed by atoms with Gasteiger partial charge in [0.25, 0.3) is 10.0 Å². The smallest absolute Gasteiger partial charge is 0.259 e. The molecule has 2 aromatic heterocycles. The molecule has 0 radical (unpaired) electrons. The molecule has 0 aliphatic carbocycles. The van der Waals surface area contributed by atoms with Gasteiger partial charge in [-0.2, -0.15) is 0 Å². The molecule has 1 N–H and O–H groups in total. The second-order valence-corrected chi connectivity index (χ2v) is 6.85. The van der Waals surface area contributed by atoms with Gasteiger partial charge in [0.2, 0.25) is 0 Å². The number of rotatable bonds is 6. The fourth-order valence-electron chi connectivity index (χ4n) is 2.25. The Hall–Kier alpha value is -2.16. The van der Waals surface area contributed by atoms with Crippen molar-refractivity contribution < 1.29 is 17.6 Å². The molecule has 7 nitrogen and oxygen atoms in total. The summed E-state index contributed by atoms with van der Waals surface area (Å²) < 4.78 is 39.5. The van der Waals surface area contributed by atoms with E-state index in [1.165, 1.54) is 19.6 Å². The minimum absolute atomic E-state index is 0.0283. The van der Waals surface area contributed by atoms with E-state index in [0.717, 1.165) is 11.0 Å². The number of ether oxygens (including phenoxy) is 1. The Morgan fingerprint density at radius 3 is 2.83 bits per heavy atom. The van der Waals surface area contributed by atoms with Crippen molar-refractivity contribution in [3.8, 4) is 0 Å². The van der Waals surface area contributed by atoms with Gasteiger partial charge in [-0.25, -0.2) is 18.1 Å². The van der Waals surface area contributed by atoms with Gasteiger partial charge < -0.3 is 13.7 Å². The summed E-state index contributed by atoms with van der Waals surface area (Å²) >= 11 is 0. The van der Waals surface area contributed by atoms with Crippen LogP contribution in [0.5, 0.6) is 0 Å². The van der Waals surface area contributed by atoms with Crippen LogP contribution in [0.15, 0.2) is 52.3 Å². The molecule has 0 saturated heterocycles. The third kappa shape index (κ3) is 3.29. The van der Waals surface area contributed by atoms with Crippen molar-refractivity contribution in [2.75, 3.05) is 13.7 Å². The molecule has 1 atom stereocenters. The minimum atomic E-state index is -3.69. The Balaban J connectivity index is 1.77. The number of fused-ring (bicyclic) bond motifs is 1. The lowest BCUT2D eigenvalue weighted by molar-refractivity contribution is 0.0893. The Morgan fingerprint density at radius 1 is 1.39 bits per heavy atom. The minimum Gasteiger partial charge on any atom is -0.458 e. The van der Waals surface area contributed by atoms with Crippen LogP contribution in [0.1, 0.15) is 11.9 Å². The Kier molecular flexibility index (Phi) is 4.20. The molecule has 122 valence electrons. The maximum absolute atomic E-state index is 12.2. The summed E-state index contributed by atoms with van der Waals surface area (Å²) in [5.41, 5.74) is 0.733. The SMILES string of the molecule is COC(CNS(=O)(=O)c1cn(C)cn1)c1cc2ccccc2o1. The van der Waals surface area contributed by atoms with Crippen LogP contribution in [0.2, 0.25) is 0 Å². The number of nitrogens with one attached hydrogen (secondary N) is 1. The Labute approximate surface area is 133 Å². The summed E-state index contributed by atoms with van der Waals surface area (Å²) in [5, 5.41) is 0.914. The molecule has 0 saturated carbocycles. The van der Waals surface area contributed by atoms with E-state index in [4.69, 9.17) is 9.15 Å². The van der Waals surface area contributed by atoms with Gasteiger partial charge >= 0.3 is 0 Å². The van der Waals surface area contributed by atoms with Crippen LogP contribution in [0.25, 0.3) is 11.0 Å². The van der Waals surface area contributed by atoms with Crippen LogP contribution in [0.3, 0.4) is 0 Å². The molecule has 3 aromatic rings. The lowest BCUT2D eigenvalue weighted by atomic mass is 10.2. The largest absolute Gasteiger partial charge is 0.458 e. The van der Waals surface area contributed by atoms with Gasteiger partial charge in [0.05, 0.1) is 6.33 Å². The molecular formula is C15H17N3O4S. The number of hydrogen-bond acceptors (Lipinski definition) is 5.